The molecule has 18 heteroatoms. The molecule has 13 N–H and O–H groups in total. The quantitative estimate of drug-likeness (QED) is 0.0508. The van der Waals surface area contributed by atoms with E-state index in [1.165, 1.54) is 6.92 Å². The first-order chi connectivity index (χ1) is 23.5. The average molecular weight is 706 g/mol. The van der Waals surface area contributed by atoms with Crippen molar-refractivity contribution in [2.75, 3.05) is 19.6 Å². The van der Waals surface area contributed by atoms with Crippen LogP contribution in [-0.2, 0) is 44.8 Å². The first kappa shape index (κ1) is 42.9. The van der Waals surface area contributed by atoms with E-state index in [4.69, 9.17) is 17.2 Å². The molecular formula is C32H51N9O9. The van der Waals surface area contributed by atoms with E-state index in [2.05, 4.69) is 31.9 Å². The molecule has 18 nitrogen and oxygen atoms in total. The van der Waals surface area contributed by atoms with E-state index in [-0.39, 0.29) is 25.2 Å². The van der Waals surface area contributed by atoms with Crippen molar-refractivity contribution in [1.29, 1.82) is 0 Å². The highest BCUT2D eigenvalue weighted by molar-refractivity contribution is 5.95. The maximum atomic E-state index is 13.1. The highest BCUT2D eigenvalue weighted by atomic mass is 16.4. The summed E-state index contributed by atoms with van der Waals surface area (Å²) in [4.78, 5) is 99.0. The van der Waals surface area contributed by atoms with Crippen molar-refractivity contribution >= 4 is 47.3 Å². The molecule has 0 spiro atoms. The number of carbonyl (C=O) groups excluding carboxylic acids is 7. The summed E-state index contributed by atoms with van der Waals surface area (Å²) in [6.45, 7) is 4.20. The minimum absolute atomic E-state index is 0.0185. The lowest BCUT2D eigenvalue weighted by Crippen LogP contribution is -2.56. The van der Waals surface area contributed by atoms with Crippen molar-refractivity contribution in [3.8, 4) is 0 Å². The Kier molecular flexibility index (Phi) is 19.3. The van der Waals surface area contributed by atoms with Gasteiger partial charge < -0.3 is 54.2 Å². The lowest BCUT2D eigenvalue weighted by molar-refractivity contribution is -0.142. The van der Waals surface area contributed by atoms with Crippen LogP contribution in [0, 0.1) is 5.92 Å². The second-order valence-corrected chi connectivity index (χ2v) is 12.2. The average Bonchev–Trinajstić information content (AvgIpc) is 3.04. The summed E-state index contributed by atoms with van der Waals surface area (Å²) in [6.07, 6.45) is 0.998. The normalized spacial score (nSPS) is 13.8. The van der Waals surface area contributed by atoms with Gasteiger partial charge in [0.1, 0.15) is 24.2 Å². The van der Waals surface area contributed by atoms with Gasteiger partial charge in [-0.15, -0.1) is 0 Å². The zero-order valence-electron chi connectivity index (χ0n) is 28.7. The Morgan fingerprint density at radius 1 is 0.720 bits per heavy atom. The molecule has 0 aliphatic rings. The van der Waals surface area contributed by atoms with E-state index < -0.39 is 97.0 Å². The molecule has 0 bridgehead atoms. The van der Waals surface area contributed by atoms with Crippen molar-refractivity contribution in [2.24, 2.45) is 23.1 Å². The molecule has 0 aromatic heterocycles. The van der Waals surface area contributed by atoms with Crippen LogP contribution in [0.1, 0.15) is 58.4 Å². The van der Waals surface area contributed by atoms with Crippen molar-refractivity contribution in [3.05, 3.63) is 35.9 Å². The first-order valence-corrected chi connectivity index (χ1v) is 16.3. The van der Waals surface area contributed by atoms with Crippen LogP contribution in [0.15, 0.2) is 30.3 Å². The van der Waals surface area contributed by atoms with E-state index >= 15 is 0 Å². The Morgan fingerprint density at radius 3 is 1.86 bits per heavy atom. The molecule has 0 radical (unpaired) electrons. The molecule has 7 amide bonds. The zero-order valence-corrected chi connectivity index (χ0v) is 28.7. The van der Waals surface area contributed by atoms with Gasteiger partial charge in [-0.05, 0) is 50.6 Å². The fraction of sp³-hybridized carbons (Fsp3) is 0.562. The van der Waals surface area contributed by atoms with Gasteiger partial charge >= 0.3 is 5.97 Å². The number of benzene rings is 1. The van der Waals surface area contributed by atoms with Gasteiger partial charge in [0.2, 0.25) is 41.4 Å². The summed E-state index contributed by atoms with van der Waals surface area (Å²) in [6, 6.07) is 2.84. The molecule has 1 aromatic rings. The summed E-state index contributed by atoms with van der Waals surface area (Å²) in [5.74, 6) is -6.47. The van der Waals surface area contributed by atoms with Crippen LogP contribution in [0.25, 0.3) is 0 Å². The van der Waals surface area contributed by atoms with Crippen molar-refractivity contribution in [2.45, 2.75) is 89.5 Å². The van der Waals surface area contributed by atoms with Crippen molar-refractivity contribution in [3.63, 3.8) is 0 Å². The van der Waals surface area contributed by atoms with Crippen molar-refractivity contribution < 1.29 is 43.5 Å². The molecule has 0 unspecified atom stereocenters. The molecule has 0 aliphatic heterocycles. The number of rotatable bonds is 23. The van der Waals surface area contributed by atoms with Gasteiger partial charge in [0, 0.05) is 6.42 Å². The molecule has 0 saturated carbocycles. The van der Waals surface area contributed by atoms with Crippen LogP contribution >= 0.6 is 0 Å². The minimum Gasteiger partial charge on any atom is -0.480 e. The number of carbonyl (C=O) groups is 8. The number of hydrogen-bond donors (Lipinski definition) is 10. The fourth-order valence-corrected chi connectivity index (χ4v) is 4.58. The topological polar surface area (TPSA) is 307 Å². The summed E-state index contributed by atoms with van der Waals surface area (Å²) >= 11 is 0. The molecule has 0 fully saturated rings. The van der Waals surface area contributed by atoms with Gasteiger partial charge in [-0.3, -0.25) is 33.6 Å². The monoisotopic (exact) mass is 705 g/mol. The van der Waals surface area contributed by atoms with Gasteiger partial charge in [0.05, 0.1) is 25.6 Å². The standard InChI is InChI=1S/C32H51N9O9/c1-18(2)13-24(32(49)50)41-31(48)22(11-7-8-12-33)40-28(45)19(3)38-26(43)16-37-30(47)23(14-20-9-5-4-6-10-20)39-27(44)17-36-29(46)21(34)15-25(35)42/h4-6,9-10,18-19,21-24H,7-8,11-17,33-34H2,1-3H3,(H2,35,42)(H,36,46)(H,37,47)(H,38,43)(H,39,44)(H,40,45)(H,41,48)(H,49,50)/t19-,21-,22-,23-,24-/m0/s1. The van der Waals surface area contributed by atoms with E-state index in [1.807, 2.05) is 13.8 Å². The number of aliphatic carboxylic acids is 1. The second kappa shape index (κ2) is 22.5. The number of nitrogens with two attached hydrogens (primary N) is 3. The Labute approximate surface area is 290 Å². The van der Waals surface area contributed by atoms with Crippen LogP contribution < -0.4 is 49.1 Å². The smallest absolute Gasteiger partial charge is 0.326 e. The molecule has 0 aliphatic carbocycles. The molecular weight excluding hydrogens is 654 g/mol. The summed E-state index contributed by atoms with van der Waals surface area (Å²) in [5.41, 5.74) is 16.8. The summed E-state index contributed by atoms with van der Waals surface area (Å²) < 4.78 is 0. The third kappa shape index (κ3) is 17.3. The van der Waals surface area contributed by atoms with Gasteiger partial charge in [-0.2, -0.15) is 0 Å². The SMILES string of the molecule is CC(C)C[C@H](NC(=O)[C@H](CCCCN)NC(=O)[C@H](C)NC(=O)CNC(=O)[C@H](Cc1ccccc1)NC(=O)CNC(=O)[C@@H](N)CC(N)=O)C(=O)O. The minimum atomic E-state index is -1.26. The highest BCUT2D eigenvalue weighted by Gasteiger charge is 2.29. The number of nitrogens with one attached hydrogen (secondary N) is 6. The third-order valence-electron chi connectivity index (χ3n) is 7.21. The molecule has 0 heterocycles. The third-order valence-corrected chi connectivity index (χ3v) is 7.21. The Bertz CT molecular complexity index is 1330. The largest absolute Gasteiger partial charge is 0.480 e. The van der Waals surface area contributed by atoms with Crippen LogP contribution in [0.5, 0.6) is 0 Å². The van der Waals surface area contributed by atoms with Crippen LogP contribution in [0.4, 0.5) is 0 Å². The van der Waals surface area contributed by atoms with Gasteiger partial charge in [0.25, 0.3) is 0 Å². The predicted molar refractivity (Wildman–Crippen MR) is 181 cm³/mol. The van der Waals surface area contributed by atoms with Gasteiger partial charge in [0.15, 0.2) is 0 Å². The number of carboxylic acid groups (broad SMARTS) is 1. The lowest BCUT2D eigenvalue weighted by atomic mass is 10.0. The molecule has 5 atom stereocenters. The second-order valence-electron chi connectivity index (χ2n) is 12.2. The maximum absolute atomic E-state index is 13.1. The number of unbranched alkanes of at least 4 members (excludes halogenated alkanes) is 1. The number of hydrogen-bond acceptors (Lipinski definition) is 10. The van der Waals surface area contributed by atoms with Gasteiger partial charge in [-0.1, -0.05) is 44.2 Å². The number of carboxylic acids is 1. The van der Waals surface area contributed by atoms with E-state index in [0.29, 0.717) is 24.9 Å². The summed E-state index contributed by atoms with van der Waals surface area (Å²) in [5, 5.41) is 24.1. The molecule has 0 saturated heterocycles. The maximum Gasteiger partial charge on any atom is 0.326 e. The van der Waals surface area contributed by atoms with Crippen LogP contribution in [0.2, 0.25) is 0 Å². The molecule has 278 valence electrons. The zero-order chi connectivity index (χ0) is 37.8. The van der Waals surface area contributed by atoms with Crippen LogP contribution in [-0.4, -0.2) is 102 Å². The lowest BCUT2D eigenvalue weighted by Gasteiger charge is -2.24. The highest BCUT2D eigenvalue weighted by Crippen LogP contribution is 2.08. The molecule has 1 aromatic carbocycles. The molecule has 50 heavy (non-hydrogen) atoms. The Morgan fingerprint density at radius 2 is 1.30 bits per heavy atom. The Balaban J connectivity index is 2.84. The van der Waals surface area contributed by atoms with Crippen molar-refractivity contribution in [1.82, 2.24) is 31.9 Å². The van der Waals surface area contributed by atoms with E-state index in [9.17, 15) is 43.5 Å². The van der Waals surface area contributed by atoms with Gasteiger partial charge in [-0.25, -0.2) is 4.79 Å². The fourth-order valence-electron chi connectivity index (χ4n) is 4.58. The van der Waals surface area contributed by atoms with Crippen LogP contribution in [0.3, 0.4) is 0 Å². The Hall–Kier alpha value is -5.10. The predicted octanol–water partition coefficient (Wildman–Crippen LogP) is -3.12. The summed E-state index contributed by atoms with van der Waals surface area (Å²) in [7, 11) is 0. The number of primary amides is 1. The van der Waals surface area contributed by atoms with E-state index in [0.717, 1.165) is 0 Å². The number of amides is 7. The molecule has 1 rings (SSSR count). The first-order valence-electron chi connectivity index (χ1n) is 16.3. The van der Waals surface area contributed by atoms with E-state index in [1.54, 1.807) is 30.3 Å².